The summed E-state index contributed by atoms with van der Waals surface area (Å²) in [4.78, 5) is 7.73. The minimum absolute atomic E-state index is 0.573. The zero-order chi connectivity index (χ0) is 13.4. The molecule has 0 spiro atoms. The molecule has 5 heteroatoms. The van der Waals surface area contributed by atoms with E-state index in [1.54, 1.807) is 0 Å². The Hall–Kier alpha value is -1.88. The van der Waals surface area contributed by atoms with E-state index in [1.807, 2.05) is 32.0 Å². The molecule has 0 bridgehead atoms. The monoisotopic (exact) mass is 274 g/mol. The second-order valence-corrected chi connectivity index (χ2v) is 4.89. The van der Waals surface area contributed by atoms with Crippen LogP contribution >= 0.6 is 12.2 Å². The number of nitrogens with one attached hydrogen (secondary N) is 1. The van der Waals surface area contributed by atoms with Crippen LogP contribution in [0.25, 0.3) is 11.3 Å². The second kappa shape index (κ2) is 4.66. The van der Waals surface area contributed by atoms with Gasteiger partial charge in [0.25, 0.3) is 0 Å². The number of H-pyrrole nitrogens is 1. The number of aromatic amines is 1. The fourth-order valence-corrected chi connectivity index (χ4v) is 2.33. The number of aryl methyl sites for hydroxylation is 2. The van der Waals surface area contributed by atoms with Gasteiger partial charge in [0.05, 0.1) is 5.69 Å². The summed E-state index contributed by atoms with van der Waals surface area (Å²) in [5, 5.41) is 0. The number of benzene rings is 1. The zero-order valence-corrected chi connectivity index (χ0v) is 11.6. The molecular formula is C14H14N2O2S. The maximum Gasteiger partial charge on any atom is 0.162 e. The fourth-order valence-electron chi connectivity index (χ4n) is 2.01. The molecule has 4 nitrogen and oxygen atoms in total. The van der Waals surface area contributed by atoms with E-state index < -0.39 is 0 Å². The first kappa shape index (κ1) is 12.2. The van der Waals surface area contributed by atoms with E-state index >= 15 is 0 Å². The van der Waals surface area contributed by atoms with Crippen LogP contribution in [0.4, 0.5) is 0 Å². The molecular weight excluding hydrogens is 260 g/mol. The summed E-state index contributed by atoms with van der Waals surface area (Å²) < 4.78 is 11.7. The molecule has 0 saturated carbocycles. The third kappa shape index (κ3) is 2.21. The van der Waals surface area contributed by atoms with Gasteiger partial charge >= 0.3 is 0 Å². The summed E-state index contributed by atoms with van der Waals surface area (Å²) in [5.41, 5.74) is 3.65. The third-order valence-corrected chi connectivity index (χ3v) is 3.45. The lowest BCUT2D eigenvalue weighted by Crippen LogP contribution is -2.15. The second-order valence-electron chi connectivity index (χ2n) is 4.48. The Morgan fingerprint density at radius 1 is 1.16 bits per heavy atom. The van der Waals surface area contributed by atoms with Gasteiger partial charge in [-0.1, -0.05) is 12.2 Å². The molecule has 0 unspecified atom stereocenters. The summed E-state index contributed by atoms with van der Waals surface area (Å²) >= 11 is 5.35. The van der Waals surface area contributed by atoms with Crippen molar-refractivity contribution in [1.29, 1.82) is 0 Å². The molecule has 1 aliphatic heterocycles. The van der Waals surface area contributed by atoms with Gasteiger partial charge in [-0.3, -0.25) is 0 Å². The maximum absolute atomic E-state index is 5.58. The molecule has 1 aliphatic rings. The first-order valence-electron chi connectivity index (χ1n) is 6.12. The lowest BCUT2D eigenvalue weighted by Gasteiger charge is -2.18. The van der Waals surface area contributed by atoms with Crippen molar-refractivity contribution in [3.8, 4) is 22.8 Å². The lowest BCUT2D eigenvalue weighted by atomic mass is 10.1. The Labute approximate surface area is 116 Å². The fraction of sp³-hybridized carbons (Fsp3) is 0.286. The predicted octanol–water partition coefficient (Wildman–Crippen LogP) is 3.19. The molecule has 3 rings (SSSR count). The van der Waals surface area contributed by atoms with Crippen LogP contribution in [0.1, 0.15) is 11.4 Å². The van der Waals surface area contributed by atoms with Gasteiger partial charge in [-0.05, 0) is 32.0 Å². The quantitative estimate of drug-likeness (QED) is 0.811. The van der Waals surface area contributed by atoms with E-state index in [4.69, 9.17) is 21.7 Å². The number of rotatable bonds is 1. The lowest BCUT2D eigenvalue weighted by molar-refractivity contribution is 0.171. The molecule has 1 aromatic carbocycles. The first-order valence-corrected chi connectivity index (χ1v) is 6.53. The van der Waals surface area contributed by atoms with Crippen LogP contribution in [-0.4, -0.2) is 23.2 Å². The molecule has 1 N–H and O–H groups in total. The number of nitrogens with zero attached hydrogens (tertiary/aromatic N) is 1. The number of ether oxygens (including phenoxy) is 2. The average Bonchev–Trinajstić information content (AvgIpc) is 2.42. The molecule has 98 valence electrons. The van der Waals surface area contributed by atoms with Crippen molar-refractivity contribution in [2.75, 3.05) is 13.2 Å². The molecule has 0 fully saturated rings. The number of fused-ring (bicyclic) bond motifs is 1. The van der Waals surface area contributed by atoms with E-state index in [-0.39, 0.29) is 0 Å². The van der Waals surface area contributed by atoms with Crippen molar-refractivity contribution < 1.29 is 9.47 Å². The summed E-state index contributed by atoms with van der Waals surface area (Å²) in [6.45, 7) is 5.09. The smallest absolute Gasteiger partial charge is 0.162 e. The zero-order valence-electron chi connectivity index (χ0n) is 10.8. The summed E-state index contributed by atoms with van der Waals surface area (Å²) in [6.07, 6.45) is 0. The standard InChI is InChI=1S/C14H14N2O2S/c1-8-9(2)16-14(19)13(15-8)10-3-4-11-12(7-10)18-6-5-17-11/h3-4,7H,5-6H2,1-2H3,(H,16,19). The van der Waals surface area contributed by atoms with Gasteiger partial charge in [-0.15, -0.1) is 0 Å². The van der Waals surface area contributed by atoms with Crippen LogP contribution in [-0.2, 0) is 0 Å². The first-order chi connectivity index (χ1) is 9.15. The Kier molecular flexibility index (Phi) is 2.98. The molecule has 0 amide bonds. The highest BCUT2D eigenvalue weighted by Crippen LogP contribution is 2.34. The molecule has 2 heterocycles. The third-order valence-electron chi connectivity index (χ3n) is 3.15. The van der Waals surface area contributed by atoms with Crippen molar-refractivity contribution >= 4 is 12.2 Å². The maximum atomic E-state index is 5.58. The van der Waals surface area contributed by atoms with Gasteiger partial charge in [0.2, 0.25) is 0 Å². The van der Waals surface area contributed by atoms with E-state index in [0.29, 0.717) is 17.9 Å². The van der Waals surface area contributed by atoms with Gasteiger partial charge < -0.3 is 14.5 Å². The van der Waals surface area contributed by atoms with Crippen LogP contribution in [0.2, 0.25) is 0 Å². The van der Waals surface area contributed by atoms with Crippen molar-refractivity contribution in [2.45, 2.75) is 13.8 Å². The summed E-state index contributed by atoms with van der Waals surface area (Å²) in [6, 6.07) is 5.78. The Morgan fingerprint density at radius 3 is 2.68 bits per heavy atom. The Balaban J connectivity index is 2.12. The van der Waals surface area contributed by atoms with Crippen molar-refractivity contribution in [2.24, 2.45) is 0 Å². The van der Waals surface area contributed by atoms with Crippen molar-refractivity contribution in [3.63, 3.8) is 0 Å². The van der Waals surface area contributed by atoms with Crippen molar-refractivity contribution in [3.05, 3.63) is 34.2 Å². The number of hydrogen-bond donors (Lipinski definition) is 1. The minimum atomic E-state index is 0.573. The summed E-state index contributed by atoms with van der Waals surface area (Å²) in [7, 11) is 0. The molecule has 0 saturated heterocycles. The minimum Gasteiger partial charge on any atom is -0.486 e. The molecule has 0 atom stereocenters. The van der Waals surface area contributed by atoms with Gasteiger partial charge in [-0.2, -0.15) is 0 Å². The normalized spacial score (nSPS) is 13.4. The Morgan fingerprint density at radius 2 is 1.89 bits per heavy atom. The largest absolute Gasteiger partial charge is 0.486 e. The topological polar surface area (TPSA) is 47.1 Å². The summed E-state index contributed by atoms with van der Waals surface area (Å²) in [5.74, 6) is 1.52. The molecule has 0 aliphatic carbocycles. The van der Waals surface area contributed by atoms with E-state index in [0.717, 1.165) is 34.1 Å². The van der Waals surface area contributed by atoms with Crippen LogP contribution in [0.15, 0.2) is 18.2 Å². The van der Waals surface area contributed by atoms with Crippen molar-refractivity contribution in [1.82, 2.24) is 9.97 Å². The van der Waals surface area contributed by atoms with Crippen LogP contribution < -0.4 is 9.47 Å². The predicted molar refractivity (Wildman–Crippen MR) is 75.3 cm³/mol. The van der Waals surface area contributed by atoms with Crippen LogP contribution in [0.3, 0.4) is 0 Å². The number of hydrogen-bond acceptors (Lipinski definition) is 4. The van der Waals surface area contributed by atoms with Gasteiger partial charge in [0.1, 0.15) is 23.5 Å². The van der Waals surface area contributed by atoms with Crippen LogP contribution in [0, 0.1) is 18.5 Å². The van der Waals surface area contributed by atoms with Gasteiger partial charge in [0, 0.05) is 11.3 Å². The Bertz CT molecular complexity index is 694. The van der Waals surface area contributed by atoms with Gasteiger partial charge in [0.15, 0.2) is 11.5 Å². The number of aromatic nitrogens is 2. The molecule has 2 aromatic rings. The van der Waals surface area contributed by atoms with E-state index in [9.17, 15) is 0 Å². The molecule has 1 aromatic heterocycles. The van der Waals surface area contributed by atoms with Crippen LogP contribution in [0.5, 0.6) is 11.5 Å². The highest BCUT2D eigenvalue weighted by atomic mass is 32.1. The highest BCUT2D eigenvalue weighted by Gasteiger charge is 2.14. The van der Waals surface area contributed by atoms with Gasteiger partial charge in [-0.25, -0.2) is 4.98 Å². The average molecular weight is 274 g/mol. The van der Waals surface area contributed by atoms with E-state index in [1.165, 1.54) is 0 Å². The molecule has 19 heavy (non-hydrogen) atoms. The highest BCUT2D eigenvalue weighted by molar-refractivity contribution is 7.71. The SMILES string of the molecule is Cc1nc(-c2ccc3c(c2)OCCO3)c(=S)[nH]c1C. The molecule has 0 radical (unpaired) electrons. The van der Waals surface area contributed by atoms with E-state index in [2.05, 4.69) is 9.97 Å².